The van der Waals surface area contributed by atoms with Crippen LogP contribution in [0.3, 0.4) is 0 Å². The molecule has 2 aromatic carbocycles. The van der Waals surface area contributed by atoms with Crippen LogP contribution >= 0.6 is 11.3 Å². The van der Waals surface area contributed by atoms with Crippen molar-refractivity contribution < 1.29 is 19.6 Å². The summed E-state index contributed by atoms with van der Waals surface area (Å²) in [6.07, 6.45) is 3.18. The fourth-order valence-electron chi connectivity index (χ4n) is 4.89. The van der Waals surface area contributed by atoms with Crippen LogP contribution in [0.25, 0.3) is 16.0 Å². The molecule has 11 heteroatoms. The number of pyridine rings is 1. The molecule has 1 unspecified atom stereocenters. The Balaban J connectivity index is 1.49. The van der Waals surface area contributed by atoms with E-state index in [2.05, 4.69) is 9.97 Å². The number of nitro groups is 1. The zero-order chi connectivity index (χ0) is 26.6. The summed E-state index contributed by atoms with van der Waals surface area (Å²) in [5, 5.41) is 22.5. The summed E-state index contributed by atoms with van der Waals surface area (Å²) in [4.78, 5) is 49.3. The molecule has 5 aromatic rings. The van der Waals surface area contributed by atoms with Crippen molar-refractivity contribution in [3.05, 3.63) is 116 Å². The number of hydrogen-bond donors (Lipinski definition) is 1. The third-order valence-electron chi connectivity index (χ3n) is 6.61. The lowest BCUT2D eigenvalue weighted by atomic mass is 9.94. The molecule has 0 spiro atoms. The topological polar surface area (TPSA) is 131 Å². The predicted octanol–water partition coefficient (Wildman–Crippen LogP) is 4.94. The van der Waals surface area contributed by atoms with Crippen LogP contribution in [-0.4, -0.2) is 41.0 Å². The smallest absolute Gasteiger partial charge is 0.290 e. The summed E-state index contributed by atoms with van der Waals surface area (Å²) in [5.41, 5.74) is 2.95. The molecule has 0 saturated heterocycles. The van der Waals surface area contributed by atoms with Crippen LogP contribution in [0, 0.1) is 17.0 Å². The highest BCUT2D eigenvalue weighted by molar-refractivity contribution is 7.19. The van der Waals surface area contributed by atoms with Crippen LogP contribution in [-0.2, 0) is 11.3 Å². The third-order valence-corrected chi connectivity index (χ3v) is 7.76. The number of aliphatic hydroxyl groups excluding tert-OH is 1. The van der Waals surface area contributed by atoms with Crippen molar-refractivity contribution in [1.29, 1.82) is 0 Å². The van der Waals surface area contributed by atoms with Crippen LogP contribution in [0.1, 0.15) is 32.5 Å². The average molecular weight is 526 g/mol. The number of aryl methyl sites for hydroxylation is 1. The number of imidazole rings is 1. The highest BCUT2D eigenvalue weighted by Crippen LogP contribution is 2.42. The van der Waals surface area contributed by atoms with Gasteiger partial charge in [0, 0.05) is 36.8 Å². The number of carbonyl (C=O) groups excluding carboxylic acids is 2. The molecule has 0 bridgehead atoms. The molecule has 1 N–H and O–H groups in total. The van der Waals surface area contributed by atoms with Crippen molar-refractivity contribution in [2.24, 2.45) is 0 Å². The van der Waals surface area contributed by atoms with Gasteiger partial charge in [-0.1, -0.05) is 41.7 Å². The minimum absolute atomic E-state index is 0.0399. The van der Waals surface area contributed by atoms with Crippen LogP contribution in [0.15, 0.2) is 84.4 Å². The number of amides is 1. The number of carbonyl (C=O) groups is 2. The van der Waals surface area contributed by atoms with Gasteiger partial charge in [-0.2, -0.15) is 0 Å². The number of nitro benzene ring substituents is 1. The second-order valence-corrected chi connectivity index (χ2v) is 9.85. The molecular formula is C27H19N5O5S. The Kier molecular flexibility index (Phi) is 5.50. The zero-order valence-corrected chi connectivity index (χ0v) is 20.8. The van der Waals surface area contributed by atoms with Gasteiger partial charge in [-0.25, -0.2) is 4.98 Å². The van der Waals surface area contributed by atoms with Crippen molar-refractivity contribution >= 4 is 44.7 Å². The number of non-ortho nitro benzene ring substituents is 1. The first-order chi connectivity index (χ1) is 18.3. The molecule has 1 aliphatic heterocycles. The number of Topliss-reactive ketones (excluding diaryl/α,β-unsaturated/α-hetero) is 1. The Morgan fingerprint density at radius 1 is 1.16 bits per heavy atom. The first-order valence-electron chi connectivity index (χ1n) is 11.6. The van der Waals surface area contributed by atoms with E-state index < -0.39 is 28.4 Å². The molecule has 1 aliphatic rings. The van der Waals surface area contributed by atoms with Gasteiger partial charge in [0.15, 0.2) is 10.7 Å². The number of nitrogens with zero attached hydrogens (tertiary/aromatic N) is 5. The molecule has 0 fully saturated rings. The average Bonchev–Trinajstić information content (AvgIpc) is 3.53. The van der Waals surface area contributed by atoms with E-state index in [9.17, 15) is 24.8 Å². The summed E-state index contributed by atoms with van der Waals surface area (Å²) in [6.45, 7) is 1.83. The molecule has 10 nitrogen and oxygen atoms in total. The highest BCUT2D eigenvalue weighted by Gasteiger charge is 2.45. The molecule has 0 aliphatic carbocycles. The van der Waals surface area contributed by atoms with E-state index in [0.717, 1.165) is 11.0 Å². The standard InChI is InChI=1S/C27H19N5O5S/c1-15-25(38-27-29-19-9-2-3-10-20(19)31(15)27)23(33)21-22(17-7-4-8-18(12-17)32(36)37)30(26(35)24(21)34)14-16-6-5-11-28-13-16/h2-13,22,34H,14H2,1H3. The quantitative estimate of drug-likeness (QED) is 0.189. The van der Waals surface area contributed by atoms with Crippen LogP contribution < -0.4 is 0 Å². The van der Waals surface area contributed by atoms with E-state index in [1.54, 1.807) is 37.5 Å². The number of rotatable bonds is 6. The molecule has 6 rings (SSSR count). The van der Waals surface area contributed by atoms with Crippen molar-refractivity contribution in [1.82, 2.24) is 19.3 Å². The Hall–Kier alpha value is -4.90. The van der Waals surface area contributed by atoms with Crippen molar-refractivity contribution in [3.63, 3.8) is 0 Å². The number of para-hydroxylation sites is 2. The fraction of sp³-hybridized carbons (Fsp3) is 0.111. The molecule has 0 saturated carbocycles. The summed E-state index contributed by atoms with van der Waals surface area (Å²) >= 11 is 1.17. The Bertz CT molecular complexity index is 1810. The minimum Gasteiger partial charge on any atom is -0.503 e. The molecule has 1 atom stereocenters. The van der Waals surface area contributed by atoms with E-state index in [4.69, 9.17) is 0 Å². The second-order valence-electron chi connectivity index (χ2n) is 8.88. The molecular weight excluding hydrogens is 506 g/mol. The maximum absolute atomic E-state index is 14.1. The minimum atomic E-state index is -1.04. The van der Waals surface area contributed by atoms with E-state index in [0.29, 0.717) is 26.7 Å². The molecule has 188 valence electrons. The maximum Gasteiger partial charge on any atom is 0.290 e. The van der Waals surface area contributed by atoms with Gasteiger partial charge in [-0.3, -0.25) is 29.1 Å². The Morgan fingerprint density at radius 3 is 2.74 bits per heavy atom. The fourth-order valence-corrected chi connectivity index (χ4v) is 5.98. The summed E-state index contributed by atoms with van der Waals surface area (Å²) in [6, 6.07) is 15.8. The van der Waals surface area contributed by atoms with Crippen molar-refractivity contribution in [2.45, 2.75) is 19.5 Å². The van der Waals surface area contributed by atoms with E-state index in [1.165, 1.54) is 34.4 Å². The van der Waals surface area contributed by atoms with Gasteiger partial charge in [0.05, 0.1) is 32.4 Å². The highest BCUT2D eigenvalue weighted by atomic mass is 32.1. The lowest BCUT2D eigenvalue weighted by Crippen LogP contribution is -2.30. The van der Waals surface area contributed by atoms with Crippen molar-refractivity contribution in [2.75, 3.05) is 0 Å². The normalized spacial score (nSPS) is 15.7. The first-order valence-corrected chi connectivity index (χ1v) is 12.5. The zero-order valence-electron chi connectivity index (χ0n) is 19.9. The number of fused-ring (bicyclic) bond motifs is 3. The van der Waals surface area contributed by atoms with Crippen LogP contribution in [0.4, 0.5) is 5.69 Å². The van der Waals surface area contributed by atoms with Gasteiger partial charge < -0.3 is 10.0 Å². The third kappa shape index (κ3) is 3.63. The number of ketones is 1. The lowest BCUT2D eigenvalue weighted by molar-refractivity contribution is -0.384. The lowest BCUT2D eigenvalue weighted by Gasteiger charge is -2.26. The summed E-state index contributed by atoms with van der Waals surface area (Å²) in [5.74, 6) is -1.94. The van der Waals surface area contributed by atoms with Gasteiger partial charge >= 0.3 is 0 Å². The van der Waals surface area contributed by atoms with Gasteiger partial charge in [-0.15, -0.1) is 0 Å². The molecule has 3 aromatic heterocycles. The van der Waals surface area contributed by atoms with Gasteiger partial charge in [0.2, 0.25) is 5.78 Å². The molecule has 1 amide bonds. The summed E-state index contributed by atoms with van der Waals surface area (Å²) in [7, 11) is 0. The Labute approximate surface area is 219 Å². The molecule has 4 heterocycles. The van der Waals surface area contributed by atoms with E-state index >= 15 is 0 Å². The molecule has 0 radical (unpaired) electrons. The Morgan fingerprint density at radius 2 is 1.97 bits per heavy atom. The number of aliphatic hydroxyl groups is 1. The van der Waals surface area contributed by atoms with Crippen LogP contribution in [0.5, 0.6) is 0 Å². The number of benzene rings is 2. The maximum atomic E-state index is 14.1. The number of aromatic nitrogens is 3. The predicted molar refractivity (Wildman–Crippen MR) is 140 cm³/mol. The monoisotopic (exact) mass is 525 g/mol. The summed E-state index contributed by atoms with van der Waals surface area (Å²) < 4.78 is 1.87. The van der Waals surface area contributed by atoms with Gasteiger partial charge in [-0.05, 0) is 36.2 Å². The van der Waals surface area contributed by atoms with E-state index in [-0.39, 0.29) is 17.8 Å². The number of hydrogen-bond acceptors (Lipinski definition) is 8. The van der Waals surface area contributed by atoms with E-state index in [1.807, 2.05) is 28.7 Å². The van der Waals surface area contributed by atoms with Crippen molar-refractivity contribution in [3.8, 4) is 0 Å². The largest absolute Gasteiger partial charge is 0.503 e. The second kappa shape index (κ2) is 8.89. The SMILES string of the molecule is Cc1c(C(=O)C2=C(O)C(=O)N(Cc3cccnc3)C2c2cccc([N+](=O)[O-])c2)sc2nc3ccccc3n12. The van der Waals surface area contributed by atoms with Gasteiger partial charge in [0.25, 0.3) is 11.6 Å². The number of thiazole rings is 1. The van der Waals surface area contributed by atoms with Crippen LogP contribution in [0.2, 0.25) is 0 Å². The molecule has 38 heavy (non-hydrogen) atoms. The van der Waals surface area contributed by atoms with Gasteiger partial charge in [0.1, 0.15) is 0 Å². The first kappa shape index (κ1) is 23.5.